The van der Waals surface area contributed by atoms with Crippen molar-refractivity contribution in [2.45, 2.75) is 65.3 Å². The van der Waals surface area contributed by atoms with Gasteiger partial charge in [0.1, 0.15) is 6.04 Å². The van der Waals surface area contributed by atoms with E-state index in [0.717, 1.165) is 32.1 Å². The Balaban J connectivity index is 2.89. The monoisotopic (exact) mass is 340 g/mol. The SMILES string of the molecule is CNC(=O)[C@@H](NC(=O)[C@@H](CC(C)C)C(C)C(=O)O)C1CCCCC1. The summed E-state index contributed by atoms with van der Waals surface area (Å²) in [6.07, 6.45) is 5.62. The smallest absolute Gasteiger partial charge is 0.307 e. The van der Waals surface area contributed by atoms with E-state index in [1.807, 2.05) is 13.8 Å². The standard InChI is InChI=1S/C18H32N2O4/c1-11(2)10-14(12(3)18(23)24)16(21)20-15(17(22)19-4)13-8-6-5-7-9-13/h11-15H,5-10H2,1-4H3,(H,19,22)(H,20,21)(H,23,24)/t12?,14-,15-/m0/s1. The van der Waals surface area contributed by atoms with E-state index in [0.29, 0.717) is 6.42 Å². The zero-order valence-electron chi connectivity index (χ0n) is 15.3. The quantitative estimate of drug-likeness (QED) is 0.631. The molecule has 0 bridgehead atoms. The molecule has 1 unspecified atom stereocenters. The van der Waals surface area contributed by atoms with E-state index in [2.05, 4.69) is 10.6 Å². The number of nitrogens with one attached hydrogen (secondary N) is 2. The molecule has 1 aliphatic rings. The zero-order chi connectivity index (χ0) is 18.3. The maximum Gasteiger partial charge on any atom is 0.307 e. The van der Waals surface area contributed by atoms with Gasteiger partial charge in [-0.2, -0.15) is 0 Å². The van der Waals surface area contributed by atoms with Crippen LogP contribution in [0.1, 0.15) is 59.3 Å². The minimum absolute atomic E-state index is 0.127. The van der Waals surface area contributed by atoms with Crippen molar-refractivity contribution in [1.82, 2.24) is 10.6 Å². The molecule has 1 fully saturated rings. The highest BCUT2D eigenvalue weighted by Crippen LogP contribution is 2.28. The fourth-order valence-corrected chi connectivity index (χ4v) is 3.50. The highest BCUT2D eigenvalue weighted by Gasteiger charge is 2.35. The van der Waals surface area contributed by atoms with Crippen LogP contribution >= 0.6 is 0 Å². The molecule has 3 atom stereocenters. The first-order chi connectivity index (χ1) is 11.3. The lowest BCUT2D eigenvalue weighted by Gasteiger charge is -2.31. The number of carbonyl (C=O) groups is 3. The van der Waals surface area contributed by atoms with Crippen LogP contribution < -0.4 is 10.6 Å². The second-order valence-corrected chi connectivity index (χ2v) is 7.36. The molecule has 0 saturated heterocycles. The molecule has 0 aliphatic heterocycles. The zero-order valence-corrected chi connectivity index (χ0v) is 15.3. The molecular weight excluding hydrogens is 308 g/mol. The number of aliphatic carboxylic acids is 1. The molecule has 1 saturated carbocycles. The third kappa shape index (κ3) is 5.80. The molecule has 0 spiro atoms. The Kier molecular flexibility index (Phi) is 8.22. The summed E-state index contributed by atoms with van der Waals surface area (Å²) in [5.41, 5.74) is 0. The fourth-order valence-electron chi connectivity index (χ4n) is 3.50. The largest absolute Gasteiger partial charge is 0.481 e. The first-order valence-corrected chi connectivity index (χ1v) is 9.02. The Morgan fingerprint density at radius 2 is 1.62 bits per heavy atom. The number of amides is 2. The van der Waals surface area contributed by atoms with Crippen molar-refractivity contribution in [3.63, 3.8) is 0 Å². The molecule has 3 N–H and O–H groups in total. The Morgan fingerprint density at radius 1 is 1.04 bits per heavy atom. The van der Waals surface area contributed by atoms with E-state index in [1.165, 1.54) is 0 Å². The summed E-state index contributed by atoms with van der Waals surface area (Å²) in [6, 6.07) is -0.571. The van der Waals surface area contributed by atoms with Gasteiger partial charge in [0.2, 0.25) is 11.8 Å². The van der Waals surface area contributed by atoms with Gasteiger partial charge >= 0.3 is 5.97 Å². The van der Waals surface area contributed by atoms with Gasteiger partial charge in [0.15, 0.2) is 0 Å². The molecule has 2 amide bonds. The van der Waals surface area contributed by atoms with Gasteiger partial charge in [-0.15, -0.1) is 0 Å². The number of rotatable bonds is 8. The third-order valence-electron chi connectivity index (χ3n) is 5.00. The fraction of sp³-hybridized carbons (Fsp3) is 0.833. The van der Waals surface area contributed by atoms with E-state index in [9.17, 15) is 19.5 Å². The lowest BCUT2D eigenvalue weighted by molar-refractivity contribution is -0.147. The molecule has 0 aromatic rings. The van der Waals surface area contributed by atoms with Gasteiger partial charge in [0.25, 0.3) is 0 Å². The van der Waals surface area contributed by atoms with Crippen molar-refractivity contribution in [2.75, 3.05) is 7.05 Å². The number of likely N-dealkylation sites (N-methyl/N-ethyl adjacent to an activating group) is 1. The number of carboxylic acid groups (broad SMARTS) is 1. The van der Waals surface area contributed by atoms with Crippen LogP contribution in [0.15, 0.2) is 0 Å². The Morgan fingerprint density at radius 3 is 2.08 bits per heavy atom. The van der Waals surface area contributed by atoms with Gasteiger partial charge in [-0.25, -0.2) is 0 Å². The van der Waals surface area contributed by atoms with Gasteiger partial charge in [-0.05, 0) is 31.1 Å². The van der Waals surface area contributed by atoms with Crippen molar-refractivity contribution in [3.8, 4) is 0 Å². The molecule has 6 heteroatoms. The van der Waals surface area contributed by atoms with Gasteiger partial charge in [-0.3, -0.25) is 14.4 Å². The van der Waals surface area contributed by atoms with Crippen LogP contribution in [0.5, 0.6) is 0 Å². The summed E-state index contributed by atoms with van der Waals surface area (Å²) in [5.74, 6) is -2.57. The number of hydrogen-bond acceptors (Lipinski definition) is 3. The maximum atomic E-state index is 12.7. The second-order valence-electron chi connectivity index (χ2n) is 7.36. The number of hydrogen-bond donors (Lipinski definition) is 3. The van der Waals surface area contributed by atoms with E-state index >= 15 is 0 Å². The average molecular weight is 340 g/mol. The number of carboxylic acids is 1. The van der Waals surface area contributed by atoms with Gasteiger partial charge in [0.05, 0.1) is 11.8 Å². The highest BCUT2D eigenvalue weighted by atomic mass is 16.4. The maximum absolute atomic E-state index is 12.7. The summed E-state index contributed by atoms with van der Waals surface area (Å²) < 4.78 is 0. The summed E-state index contributed by atoms with van der Waals surface area (Å²) in [7, 11) is 1.57. The van der Waals surface area contributed by atoms with Crippen LogP contribution in [0.25, 0.3) is 0 Å². The van der Waals surface area contributed by atoms with Gasteiger partial charge < -0.3 is 15.7 Å². The summed E-state index contributed by atoms with van der Waals surface area (Å²) in [5, 5.41) is 14.8. The van der Waals surface area contributed by atoms with Crippen molar-refractivity contribution >= 4 is 17.8 Å². The van der Waals surface area contributed by atoms with Crippen LogP contribution in [0.2, 0.25) is 0 Å². The van der Waals surface area contributed by atoms with Gasteiger partial charge in [0, 0.05) is 7.05 Å². The topological polar surface area (TPSA) is 95.5 Å². The van der Waals surface area contributed by atoms with Crippen molar-refractivity contribution in [1.29, 1.82) is 0 Å². The molecular formula is C18H32N2O4. The van der Waals surface area contributed by atoms with Crippen LogP contribution in [-0.2, 0) is 14.4 Å². The molecule has 138 valence electrons. The molecule has 0 heterocycles. The number of carbonyl (C=O) groups excluding carboxylic acids is 2. The average Bonchev–Trinajstić information content (AvgIpc) is 2.56. The first kappa shape index (κ1) is 20.5. The minimum atomic E-state index is -0.982. The normalized spacial score (nSPS) is 19.4. The Labute approximate surface area is 144 Å². The Hall–Kier alpha value is -1.59. The van der Waals surface area contributed by atoms with Crippen molar-refractivity contribution in [2.24, 2.45) is 23.7 Å². The molecule has 24 heavy (non-hydrogen) atoms. The van der Waals surface area contributed by atoms with E-state index in [4.69, 9.17) is 0 Å². The molecule has 1 aliphatic carbocycles. The van der Waals surface area contributed by atoms with Crippen LogP contribution in [0, 0.1) is 23.7 Å². The molecule has 1 rings (SSSR count). The molecule has 6 nitrogen and oxygen atoms in total. The second kappa shape index (κ2) is 9.64. The predicted molar refractivity (Wildman–Crippen MR) is 92.3 cm³/mol. The highest BCUT2D eigenvalue weighted by molar-refractivity contribution is 5.90. The lowest BCUT2D eigenvalue weighted by Crippen LogP contribution is -2.53. The van der Waals surface area contributed by atoms with Gasteiger partial charge in [-0.1, -0.05) is 40.0 Å². The van der Waals surface area contributed by atoms with Crippen molar-refractivity contribution < 1.29 is 19.5 Å². The van der Waals surface area contributed by atoms with E-state index in [1.54, 1.807) is 14.0 Å². The van der Waals surface area contributed by atoms with Crippen LogP contribution in [0.3, 0.4) is 0 Å². The summed E-state index contributed by atoms with van der Waals surface area (Å²) >= 11 is 0. The lowest BCUT2D eigenvalue weighted by atomic mass is 9.82. The minimum Gasteiger partial charge on any atom is -0.481 e. The van der Waals surface area contributed by atoms with E-state index in [-0.39, 0.29) is 23.7 Å². The van der Waals surface area contributed by atoms with Crippen LogP contribution in [0.4, 0.5) is 0 Å². The third-order valence-corrected chi connectivity index (χ3v) is 5.00. The first-order valence-electron chi connectivity index (χ1n) is 9.02. The molecule has 0 radical (unpaired) electrons. The predicted octanol–water partition coefficient (Wildman–Crippen LogP) is 2.18. The summed E-state index contributed by atoms with van der Waals surface area (Å²) in [6.45, 7) is 5.49. The summed E-state index contributed by atoms with van der Waals surface area (Å²) in [4.78, 5) is 36.3. The van der Waals surface area contributed by atoms with E-state index < -0.39 is 23.8 Å². The molecule has 0 aromatic heterocycles. The molecule has 0 aromatic carbocycles. The Bertz CT molecular complexity index is 444. The van der Waals surface area contributed by atoms with Crippen molar-refractivity contribution in [3.05, 3.63) is 0 Å². The van der Waals surface area contributed by atoms with Crippen LogP contribution in [-0.4, -0.2) is 36.0 Å².